The van der Waals surface area contributed by atoms with Gasteiger partial charge in [0.25, 0.3) is 5.91 Å². The molecule has 1 aromatic rings. The molecule has 1 aromatic heterocycles. The Morgan fingerprint density at radius 1 is 1.47 bits per heavy atom. The molecule has 0 radical (unpaired) electrons. The van der Waals surface area contributed by atoms with Crippen LogP contribution < -0.4 is 5.32 Å². The smallest absolute Gasteiger partial charge is 0.348 e. The van der Waals surface area contributed by atoms with E-state index >= 15 is 0 Å². The molecule has 1 aliphatic rings. The third-order valence-corrected chi connectivity index (χ3v) is 2.97. The second-order valence-corrected chi connectivity index (χ2v) is 4.49. The molecule has 0 unspecified atom stereocenters. The Balaban J connectivity index is 1.76. The van der Waals surface area contributed by atoms with Gasteiger partial charge in [-0.05, 0) is 12.8 Å². The molecule has 2 rings (SSSR count). The van der Waals surface area contributed by atoms with Crippen molar-refractivity contribution in [1.82, 2.24) is 25.6 Å². The third-order valence-electron chi connectivity index (χ3n) is 2.97. The molecule has 0 bridgehead atoms. The largest absolute Gasteiger partial charge is 0.401 e. The summed E-state index contributed by atoms with van der Waals surface area (Å²) in [5.74, 6) is -0.358. The van der Waals surface area contributed by atoms with Gasteiger partial charge in [-0.25, -0.2) is 0 Å². The normalized spacial score (nSPS) is 18.5. The molecule has 1 fully saturated rings. The minimum Gasteiger partial charge on any atom is -0.348 e. The molecule has 2 heterocycles. The third kappa shape index (κ3) is 4.19. The van der Waals surface area contributed by atoms with Gasteiger partial charge in [0.05, 0.1) is 12.7 Å². The van der Waals surface area contributed by atoms with Gasteiger partial charge in [0.2, 0.25) is 0 Å². The highest BCUT2D eigenvalue weighted by Gasteiger charge is 2.32. The van der Waals surface area contributed by atoms with Crippen LogP contribution in [-0.2, 0) is 0 Å². The van der Waals surface area contributed by atoms with Crippen LogP contribution in [0.5, 0.6) is 0 Å². The van der Waals surface area contributed by atoms with Crippen molar-refractivity contribution in [3.8, 4) is 0 Å². The number of nitrogens with zero attached hydrogens (tertiary/aromatic N) is 3. The zero-order valence-electron chi connectivity index (χ0n) is 10.1. The van der Waals surface area contributed by atoms with Crippen molar-refractivity contribution in [2.75, 3.05) is 19.6 Å². The van der Waals surface area contributed by atoms with Gasteiger partial charge in [-0.15, -0.1) is 0 Å². The predicted octanol–water partition coefficient (Wildman–Crippen LogP) is 0.561. The topological polar surface area (TPSA) is 73.9 Å². The molecule has 6 nitrogen and oxygen atoms in total. The van der Waals surface area contributed by atoms with Gasteiger partial charge in [0.15, 0.2) is 5.69 Å². The molecule has 0 atom stereocenters. The summed E-state index contributed by atoms with van der Waals surface area (Å²) >= 11 is 0. The molecule has 1 saturated heterocycles. The molecule has 1 aliphatic heterocycles. The van der Waals surface area contributed by atoms with E-state index < -0.39 is 12.7 Å². The minimum absolute atomic E-state index is 0.117. The van der Waals surface area contributed by atoms with Crippen LogP contribution in [0.25, 0.3) is 0 Å². The number of halogens is 3. The summed E-state index contributed by atoms with van der Waals surface area (Å²) in [6, 6.07) is -0.117. The summed E-state index contributed by atoms with van der Waals surface area (Å²) in [7, 11) is 0. The molecule has 1 amide bonds. The molecule has 19 heavy (non-hydrogen) atoms. The number of aromatic amines is 1. The van der Waals surface area contributed by atoms with Crippen LogP contribution in [0, 0.1) is 0 Å². The van der Waals surface area contributed by atoms with E-state index in [4.69, 9.17) is 0 Å². The lowest BCUT2D eigenvalue weighted by Crippen LogP contribution is -2.47. The number of rotatable bonds is 3. The van der Waals surface area contributed by atoms with E-state index in [1.54, 1.807) is 0 Å². The molecule has 0 spiro atoms. The van der Waals surface area contributed by atoms with Crippen molar-refractivity contribution >= 4 is 5.91 Å². The number of carbonyl (C=O) groups excluding carboxylic acids is 1. The summed E-state index contributed by atoms with van der Waals surface area (Å²) in [5, 5.41) is 12.2. The van der Waals surface area contributed by atoms with Crippen LogP contribution in [0.4, 0.5) is 13.2 Å². The highest BCUT2D eigenvalue weighted by molar-refractivity contribution is 5.91. The summed E-state index contributed by atoms with van der Waals surface area (Å²) in [6.45, 7) is -0.247. The first-order chi connectivity index (χ1) is 8.94. The second-order valence-electron chi connectivity index (χ2n) is 4.49. The number of hydrogen-bond donors (Lipinski definition) is 2. The Kier molecular flexibility index (Phi) is 4.03. The SMILES string of the molecule is O=C(NC1CCN(CC(F)(F)F)CC1)c1cn[nH]n1. The van der Waals surface area contributed by atoms with E-state index in [9.17, 15) is 18.0 Å². The van der Waals surface area contributed by atoms with Crippen molar-refractivity contribution < 1.29 is 18.0 Å². The maximum absolute atomic E-state index is 12.2. The lowest BCUT2D eigenvalue weighted by molar-refractivity contribution is -0.148. The van der Waals surface area contributed by atoms with Gasteiger partial charge >= 0.3 is 6.18 Å². The molecular weight excluding hydrogens is 263 g/mol. The summed E-state index contributed by atoms with van der Waals surface area (Å²) in [4.78, 5) is 13.0. The first-order valence-corrected chi connectivity index (χ1v) is 5.90. The summed E-state index contributed by atoms with van der Waals surface area (Å²) in [6.07, 6.45) is -1.87. The number of amides is 1. The molecule has 0 saturated carbocycles. The van der Waals surface area contributed by atoms with Gasteiger partial charge in [0.1, 0.15) is 0 Å². The maximum Gasteiger partial charge on any atom is 0.401 e. The van der Waals surface area contributed by atoms with Crippen molar-refractivity contribution in [2.45, 2.75) is 25.1 Å². The van der Waals surface area contributed by atoms with E-state index in [0.29, 0.717) is 25.9 Å². The molecule has 106 valence electrons. The minimum atomic E-state index is -4.17. The second kappa shape index (κ2) is 5.55. The molecular formula is C10H14F3N5O. The maximum atomic E-state index is 12.2. The van der Waals surface area contributed by atoms with Crippen molar-refractivity contribution in [1.29, 1.82) is 0 Å². The summed E-state index contributed by atoms with van der Waals surface area (Å²) < 4.78 is 36.6. The fourth-order valence-electron chi connectivity index (χ4n) is 2.06. The van der Waals surface area contributed by atoms with E-state index in [-0.39, 0.29) is 17.6 Å². The number of alkyl halides is 3. The van der Waals surface area contributed by atoms with E-state index in [2.05, 4.69) is 20.7 Å². The van der Waals surface area contributed by atoms with Gasteiger partial charge in [-0.2, -0.15) is 28.6 Å². The standard InChI is InChI=1S/C10H14F3N5O/c11-10(12,13)6-18-3-1-7(2-4-18)15-9(19)8-5-14-17-16-8/h5,7H,1-4,6H2,(H,15,19)(H,14,16,17). The number of carbonyl (C=O) groups is 1. The average molecular weight is 277 g/mol. The van der Waals surface area contributed by atoms with Gasteiger partial charge in [-0.1, -0.05) is 0 Å². The average Bonchev–Trinajstić information content (AvgIpc) is 2.83. The monoisotopic (exact) mass is 277 g/mol. The predicted molar refractivity (Wildman–Crippen MR) is 59.4 cm³/mol. The van der Waals surface area contributed by atoms with Crippen LogP contribution in [-0.4, -0.2) is 58.1 Å². The van der Waals surface area contributed by atoms with Crippen LogP contribution in [0.15, 0.2) is 6.20 Å². The van der Waals surface area contributed by atoms with Gasteiger partial charge < -0.3 is 5.32 Å². The lowest BCUT2D eigenvalue weighted by atomic mass is 10.0. The zero-order chi connectivity index (χ0) is 13.9. The molecule has 0 aromatic carbocycles. The van der Waals surface area contributed by atoms with E-state index in [1.807, 2.05) is 0 Å². The fourth-order valence-corrected chi connectivity index (χ4v) is 2.06. The number of nitrogens with one attached hydrogen (secondary N) is 2. The first kappa shape index (κ1) is 13.8. The number of H-pyrrole nitrogens is 1. The van der Waals surface area contributed by atoms with Crippen LogP contribution in [0.2, 0.25) is 0 Å². The number of piperidine rings is 1. The number of likely N-dealkylation sites (tertiary alicyclic amines) is 1. The zero-order valence-corrected chi connectivity index (χ0v) is 10.1. The van der Waals surface area contributed by atoms with Gasteiger partial charge in [-0.3, -0.25) is 9.69 Å². The quantitative estimate of drug-likeness (QED) is 0.846. The highest BCUT2D eigenvalue weighted by Crippen LogP contribution is 2.19. The Hall–Kier alpha value is -1.64. The first-order valence-electron chi connectivity index (χ1n) is 5.90. The summed E-state index contributed by atoms with van der Waals surface area (Å²) in [5.41, 5.74) is 0.178. The van der Waals surface area contributed by atoms with Crippen LogP contribution in [0.1, 0.15) is 23.3 Å². The molecule has 2 N–H and O–H groups in total. The lowest BCUT2D eigenvalue weighted by Gasteiger charge is -2.32. The Morgan fingerprint density at radius 3 is 2.68 bits per heavy atom. The molecule has 0 aliphatic carbocycles. The van der Waals surface area contributed by atoms with Crippen molar-refractivity contribution in [3.63, 3.8) is 0 Å². The van der Waals surface area contributed by atoms with Crippen molar-refractivity contribution in [3.05, 3.63) is 11.9 Å². The van der Waals surface area contributed by atoms with E-state index in [1.165, 1.54) is 11.1 Å². The van der Waals surface area contributed by atoms with Gasteiger partial charge in [0, 0.05) is 19.1 Å². The highest BCUT2D eigenvalue weighted by atomic mass is 19.4. The van der Waals surface area contributed by atoms with Crippen molar-refractivity contribution in [2.24, 2.45) is 0 Å². The van der Waals surface area contributed by atoms with E-state index in [0.717, 1.165) is 0 Å². The Morgan fingerprint density at radius 2 is 2.16 bits per heavy atom. The van der Waals surface area contributed by atoms with Crippen LogP contribution >= 0.6 is 0 Å². The Bertz CT molecular complexity index is 411. The number of aromatic nitrogens is 3. The van der Waals surface area contributed by atoms with Crippen LogP contribution in [0.3, 0.4) is 0 Å². The fraction of sp³-hybridized carbons (Fsp3) is 0.700. The number of hydrogen-bond acceptors (Lipinski definition) is 4. The Labute approximate surface area is 107 Å². The molecule has 9 heteroatoms.